The summed E-state index contributed by atoms with van der Waals surface area (Å²) in [5.74, 6) is 0. The lowest BCUT2D eigenvalue weighted by molar-refractivity contribution is 0.0617. The van der Waals surface area contributed by atoms with Crippen LogP contribution in [0.1, 0.15) is 18.2 Å². The lowest BCUT2D eigenvalue weighted by atomic mass is 10.2. The average Bonchev–Trinajstić information content (AvgIpc) is 2.97. The first-order valence-electron chi connectivity index (χ1n) is 7.37. The second-order valence-corrected chi connectivity index (χ2v) is 4.88. The molecule has 2 rings (SSSR count). The van der Waals surface area contributed by atoms with E-state index in [1.54, 1.807) is 7.11 Å². The molecule has 0 unspecified atom stereocenters. The van der Waals surface area contributed by atoms with Crippen LogP contribution in [0.25, 0.3) is 0 Å². The molecule has 1 N–H and O–H groups in total. The maximum absolute atomic E-state index is 5.55. The van der Waals surface area contributed by atoms with Crippen molar-refractivity contribution in [2.75, 3.05) is 25.6 Å². The van der Waals surface area contributed by atoms with Gasteiger partial charge in [-0.15, -0.1) is 0 Å². The number of aromatic nitrogens is 1. The zero-order valence-electron chi connectivity index (χ0n) is 12.8. The molecule has 0 spiro atoms. The van der Waals surface area contributed by atoms with Gasteiger partial charge in [0.25, 0.3) is 0 Å². The van der Waals surface area contributed by atoms with Crippen LogP contribution in [-0.2, 0) is 29.2 Å². The fourth-order valence-corrected chi connectivity index (χ4v) is 2.21. The van der Waals surface area contributed by atoms with Crippen molar-refractivity contribution in [2.24, 2.45) is 0 Å². The van der Waals surface area contributed by atoms with Crippen molar-refractivity contribution in [3.8, 4) is 0 Å². The second-order valence-electron chi connectivity index (χ2n) is 4.88. The number of hydrogen-bond acceptors (Lipinski definition) is 3. The number of nitrogens with zero attached hydrogens (tertiary/aromatic N) is 1. The molecule has 0 amide bonds. The zero-order chi connectivity index (χ0) is 14.9. The topological polar surface area (TPSA) is 35.4 Å². The normalized spacial score (nSPS) is 10.8. The summed E-state index contributed by atoms with van der Waals surface area (Å²) in [6.07, 6.45) is 2.11. The summed E-state index contributed by atoms with van der Waals surface area (Å²) in [4.78, 5) is 0. The number of ether oxygens (including phenoxy) is 2. The Morgan fingerprint density at radius 3 is 2.86 bits per heavy atom. The zero-order valence-corrected chi connectivity index (χ0v) is 12.8. The quantitative estimate of drug-likeness (QED) is 0.719. The molecule has 0 fully saturated rings. The number of benzene rings is 1. The van der Waals surface area contributed by atoms with Crippen molar-refractivity contribution in [3.05, 3.63) is 53.9 Å². The van der Waals surface area contributed by atoms with Crippen LogP contribution in [-0.4, -0.2) is 24.9 Å². The van der Waals surface area contributed by atoms with Gasteiger partial charge < -0.3 is 19.4 Å². The van der Waals surface area contributed by atoms with Crippen molar-refractivity contribution in [2.45, 2.75) is 26.6 Å². The van der Waals surface area contributed by atoms with Crippen LogP contribution < -0.4 is 5.32 Å². The molecule has 1 aromatic carbocycles. The summed E-state index contributed by atoms with van der Waals surface area (Å²) in [5, 5.41) is 3.46. The average molecular weight is 288 g/mol. The molecule has 0 aliphatic carbocycles. The molecule has 0 saturated carbocycles. The fourth-order valence-electron chi connectivity index (χ4n) is 2.21. The first-order valence-corrected chi connectivity index (χ1v) is 7.37. The summed E-state index contributed by atoms with van der Waals surface area (Å²) in [6.45, 7) is 5.85. The molecule has 1 aromatic heterocycles. The van der Waals surface area contributed by atoms with E-state index in [-0.39, 0.29) is 0 Å². The lowest BCUT2D eigenvalue weighted by Gasteiger charge is -2.11. The van der Waals surface area contributed by atoms with Crippen molar-refractivity contribution >= 4 is 5.69 Å². The maximum Gasteiger partial charge on any atom is 0.0718 e. The van der Waals surface area contributed by atoms with E-state index in [1.165, 1.54) is 11.3 Å². The van der Waals surface area contributed by atoms with Gasteiger partial charge in [0.15, 0.2) is 0 Å². The van der Waals surface area contributed by atoms with Gasteiger partial charge in [-0.1, -0.05) is 12.1 Å². The third-order valence-electron chi connectivity index (χ3n) is 3.37. The summed E-state index contributed by atoms with van der Waals surface area (Å²) in [5.41, 5.74) is 3.58. The van der Waals surface area contributed by atoms with Gasteiger partial charge in [0.2, 0.25) is 0 Å². The number of aryl methyl sites for hydroxylation is 1. The van der Waals surface area contributed by atoms with Crippen LogP contribution in [0.4, 0.5) is 5.69 Å². The molecule has 21 heavy (non-hydrogen) atoms. The fraction of sp³-hybridized carbons (Fsp3) is 0.412. The van der Waals surface area contributed by atoms with Crippen LogP contribution >= 0.6 is 0 Å². The highest BCUT2D eigenvalue weighted by Crippen LogP contribution is 2.13. The molecule has 0 aliphatic rings. The first kappa shape index (κ1) is 15.6. The third kappa shape index (κ3) is 4.92. The lowest BCUT2D eigenvalue weighted by Crippen LogP contribution is -2.06. The van der Waals surface area contributed by atoms with E-state index in [0.29, 0.717) is 19.8 Å². The smallest absolute Gasteiger partial charge is 0.0718 e. The Bertz CT molecular complexity index is 537. The molecule has 0 radical (unpaired) electrons. The van der Waals surface area contributed by atoms with Gasteiger partial charge in [-0.2, -0.15) is 0 Å². The molecule has 0 aliphatic heterocycles. The first-order chi connectivity index (χ1) is 10.3. The van der Waals surface area contributed by atoms with Gasteiger partial charge in [-0.3, -0.25) is 0 Å². The van der Waals surface area contributed by atoms with Gasteiger partial charge >= 0.3 is 0 Å². The van der Waals surface area contributed by atoms with Crippen LogP contribution in [0.2, 0.25) is 0 Å². The SMILES string of the molecule is CCn1cccc1CNc1cccc(COCCOC)c1. The van der Waals surface area contributed by atoms with Crippen molar-refractivity contribution in [3.63, 3.8) is 0 Å². The van der Waals surface area contributed by atoms with Crippen LogP contribution in [0.3, 0.4) is 0 Å². The highest BCUT2D eigenvalue weighted by molar-refractivity contribution is 5.45. The van der Waals surface area contributed by atoms with Gasteiger partial charge in [0.05, 0.1) is 26.4 Å². The molecule has 0 atom stereocenters. The summed E-state index contributed by atoms with van der Waals surface area (Å²) in [7, 11) is 1.68. The molecule has 4 nitrogen and oxygen atoms in total. The minimum Gasteiger partial charge on any atom is -0.382 e. The Kier molecular flexibility index (Phi) is 6.31. The largest absolute Gasteiger partial charge is 0.382 e. The summed E-state index contributed by atoms with van der Waals surface area (Å²) >= 11 is 0. The van der Waals surface area contributed by atoms with Crippen LogP contribution in [0.5, 0.6) is 0 Å². The highest BCUT2D eigenvalue weighted by atomic mass is 16.5. The van der Waals surface area contributed by atoms with Crippen molar-refractivity contribution in [1.82, 2.24) is 4.57 Å². The number of hydrogen-bond donors (Lipinski definition) is 1. The van der Waals surface area contributed by atoms with Gasteiger partial charge in [-0.05, 0) is 36.8 Å². The van der Waals surface area contributed by atoms with Gasteiger partial charge in [-0.25, -0.2) is 0 Å². The third-order valence-corrected chi connectivity index (χ3v) is 3.37. The summed E-state index contributed by atoms with van der Waals surface area (Å²) in [6, 6.07) is 12.6. The Morgan fingerprint density at radius 2 is 2.05 bits per heavy atom. The molecule has 2 aromatic rings. The van der Waals surface area contributed by atoms with Crippen LogP contribution in [0, 0.1) is 0 Å². The number of nitrogens with one attached hydrogen (secondary N) is 1. The monoisotopic (exact) mass is 288 g/mol. The number of anilines is 1. The van der Waals surface area contributed by atoms with E-state index in [0.717, 1.165) is 18.8 Å². The van der Waals surface area contributed by atoms with E-state index in [2.05, 4.69) is 59.4 Å². The number of methoxy groups -OCH3 is 1. The molecular weight excluding hydrogens is 264 g/mol. The predicted molar refractivity (Wildman–Crippen MR) is 85.4 cm³/mol. The standard InChI is InChI=1S/C17H24N2O2/c1-3-19-9-5-8-17(19)13-18-16-7-4-6-15(12-16)14-21-11-10-20-2/h4-9,12,18H,3,10-11,13-14H2,1-2H3. The Labute approximate surface area is 126 Å². The molecule has 0 saturated heterocycles. The van der Waals surface area contributed by atoms with Crippen molar-refractivity contribution < 1.29 is 9.47 Å². The Balaban J connectivity index is 1.86. The predicted octanol–water partition coefficient (Wildman–Crippen LogP) is 3.28. The maximum atomic E-state index is 5.55. The van der Waals surface area contributed by atoms with Crippen LogP contribution in [0.15, 0.2) is 42.6 Å². The Morgan fingerprint density at radius 1 is 1.14 bits per heavy atom. The van der Waals surface area contributed by atoms with E-state index >= 15 is 0 Å². The van der Waals surface area contributed by atoms with E-state index in [1.807, 2.05) is 0 Å². The molecule has 114 valence electrons. The minimum absolute atomic E-state index is 0.615. The highest BCUT2D eigenvalue weighted by Gasteiger charge is 2.00. The minimum atomic E-state index is 0.615. The summed E-state index contributed by atoms with van der Waals surface area (Å²) < 4.78 is 12.8. The molecule has 4 heteroatoms. The van der Waals surface area contributed by atoms with Crippen molar-refractivity contribution in [1.29, 1.82) is 0 Å². The van der Waals surface area contributed by atoms with Gasteiger partial charge in [0, 0.05) is 31.2 Å². The van der Waals surface area contributed by atoms with Gasteiger partial charge in [0.1, 0.15) is 0 Å². The number of rotatable bonds is 9. The van der Waals surface area contributed by atoms with E-state index in [9.17, 15) is 0 Å². The molecular formula is C17H24N2O2. The molecule has 1 heterocycles. The Hall–Kier alpha value is -1.78. The van der Waals surface area contributed by atoms with E-state index in [4.69, 9.17) is 9.47 Å². The van der Waals surface area contributed by atoms with E-state index < -0.39 is 0 Å². The molecule has 0 bridgehead atoms. The second kappa shape index (κ2) is 8.49.